The van der Waals surface area contributed by atoms with E-state index in [1.165, 1.54) is 35.1 Å². The Balaban J connectivity index is 1.83. The van der Waals surface area contributed by atoms with Crippen LogP contribution in [0.4, 0.5) is 4.39 Å². The van der Waals surface area contributed by atoms with E-state index in [2.05, 4.69) is 21.0 Å². The zero-order chi connectivity index (χ0) is 22.7. The number of rotatable bonds is 6. The molecule has 6 nitrogen and oxygen atoms in total. The molecular weight excluding hydrogens is 499 g/mol. The van der Waals surface area contributed by atoms with Gasteiger partial charge >= 0.3 is 5.56 Å². The van der Waals surface area contributed by atoms with Crippen LogP contribution in [0.2, 0.25) is 0 Å². The van der Waals surface area contributed by atoms with Crippen LogP contribution in [-0.2, 0) is 16.8 Å². The minimum atomic E-state index is -2.21. The molecule has 1 aromatic heterocycles. The lowest BCUT2D eigenvalue weighted by Crippen LogP contribution is -2.22. The van der Waals surface area contributed by atoms with Crippen molar-refractivity contribution < 1.29 is 17.9 Å². The van der Waals surface area contributed by atoms with E-state index in [4.69, 9.17) is 4.74 Å². The Morgan fingerprint density at radius 3 is 2.44 bits per heavy atom. The number of hydrogen-bond acceptors (Lipinski definition) is 5. The predicted molar refractivity (Wildman–Crippen MR) is 122 cm³/mol. The summed E-state index contributed by atoms with van der Waals surface area (Å²) in [6.45, 7) is 0. The predicted octanol–water partition coefficient (Wildman–Crippen LogP) is 4.97. The highest BCUT2D eigenvalue weighted by molar-refractivity contribution is 9.10. The van der Waals surface area contributed by atoms with E-state index in [1.54, 1.807) is 42.5 Å². The first-order chi connectivity index (χ1) is 15.4. The van der Waals surface area contributed by atoms with Gasteiger partial charge in [-0.05, 0) is 53.6 Å². The third kappa shape index (κ3) is 5.01. The summed E-state index contributed by atoms with van der Waals surface area (Å²) in [6.07, 6.45) is 1.50. The number of ether oxygens (including phenoxy) is 1. The van der Waals surface area contributed by atoms with Crippen LogP contribution in [0.1, 0.15) is 5.56 Å². The highest BCUT2D eigenvalue weighted by Gasteiger charge is 2.17. The molecule has 0 saturated heterocycles. The number of halogens is 2. The Bertz CT molecular complexity index is 1340. The van der Waals surface area contributed by atoms with Crippen molar-refractivity contribution >= 4 is 27.0 Å². The smallest absolute Gasteiger partial charge is 0.315 e. The summed E-state index contributed by atoms with van der Waals surface area (Å²) in [7, 11) is 0. The Morgan fingerprint density at radius 1 is 1.06 bits per heavy atom. The lowest BCUT2D eigenvalue weighted by atomic mass is 10.1. The number of hydrogen-bond donors (Lipinski definition) is 0. The van der Waals surface area contributed by atoms with Crippen LogP contribution in [0.3, 0.4) is 0 Å². The van der Waals surface area contributed by atoms with E-state index in [9.17, 15) is 17.9 Å². The van der Waals surface area contributed by atoms with E-state index < -0.39 is 22.5 Å². The maximum absolute atomic E-state index is 13.4. The topological polar surface area (TPSA) is 84.2 Å². The number of benzene rings is 3. The molecule has 1 heterocycles. The second kappa shape index (κ2) is 9.56. The van der Waals surface area contributed by atoms with Gasteiger partial charge in [0.2, 0.25) is 5.75 Å². The Kier molecular flexibility index (Phi) is 6.59. The molecule has 162 valence electrons. The molecule has 0 aliphatic heterocycles. The highest BCUT2D eigenvalue weighted by atomic mass is 79.9. The van der Waals surface area contributed by atoms with Gasteiger partial charge in [-0.3, -0.25) is 9.00 Å². The molecule has 0 aliphatic rings. The van der Waals surface area contributed by atoms with Gasteiger partial charge in [-0.15, -0.1) is 0 Å². The molecule has 0 fully saturated rings. The Hall–Kier alpha value is -3.14. The molecule has 0 saturated carbocycles. The third-order valence-corrected chi connectivity index (χ3v) is 5.63. The second-order valence-electron chi connectivity index (χ2n) is 6.79. The summed E-state index contributed by atoms with van der Waals surface area (Å²) in [5, 5.41) is 4.30. The fraction of sp³-hybridized carbons (Fsp3) is 0.0435. The van der Waals surface area contributed by atoms with Crippen molar-refractivity contribution in [1.82, 2.24) is 9.78 Å². The minimum Gasteiger partial charge on any atom is -0.772 e. The first-order valence-corrected chi connectivity index (χ1v) is 11.4. The lowest BCUT2D eigenvalue weighted by molar-refractivity contribution is 0.468. The van der Waals surface area contributed by atoms with Crippen LogP contribution in [0, 0.1) is 5.82 Å². The average molecular weight is 514 g/mol. The minimum absolute atomic E-state index is 0.00624. The first-order valence-electron chi connectivity index (χ1n) is 9.37. The van der Waals surface area contributed by atoms with Crippen molar-refractivity contribution in [2.45, 2.75) is 5.75 Å². The molecule has 0 radical (unpaired) electrons. The van der Waals surface area contributed by atoms with Gasteiger partial charge in [0.25, 0.3) is 0 Å². The summed E-state index contributed by atoms with van der Waals surface area (Å²) in [5.41, 5.74) is 1.68. The number of nitrogens with zero attached hydrogens (tertiary/aromatic N) is 2. The van der Waals surface area contributed by atoms with Crippen LogP contribution in [0.15, 0.2) is 88.3 Å². The summed E-state index contributed by atoms with van der Waals surface area (Å²) in [4.78, 5) is 13.4. The summed E-state index contributed by atoms with van der Waals surface area (Å²) in [5.74, 6) is -0.242. The van der Waals surface area contributed by atoms with Gasteiger partial charge in [0, 0.05) is 10.2 Å². The van der Waals surface area contributed by atoms with Gasteiger partial charge < -0.3 is 9.29 Å². The standard InChI is InChI=1S/C23H16BrFN2O4S/c24-17-2-1-3-19(12-17)27-23(28)22(31-20-10-8-18(25)9-11-20)21(13-26-27)16-6-4-15(5-7-16)14-32(29)30/h1-13H,14H2,(H,29,30)/p-1. The Morgan fingerprint density at radius 2 is 1.78 bits per heavy atom. The molecule has 3 aromatic carbocycles. The Labute approximate surface area is 193 Å². The zero-order valence-electron chi connectivity index (χ0n) is 16.4. The summed E-state index contributed by atoms with van der Waals surface area (Å²) in [6, 6.07) is 19.1. The van der Waals surface area contributed by atoms with Crippen molar-refractivity contribution in [2.24, 2.45) is 0 Å². The molecule has 1 unspecified atom stereocenters. The van der Waals surface area contributed by atoms with Gasteiger partial charge in [-0.25, -0.2) is 4.39 Å². The zero-order valence-corrected chi connectivity index (χ0v) is 18.8. The normalized spacial score (nSPS) is 11.8. The van der Waals surface area contributed by atoms with Crippen molar-refractivity contribution in [3.8, 4) is 28.3 Å². The van der Waals surface area contributed by atoms with Gasteiger partial charge in [0.1, 0.15) is 11.6 Å². The average Bonchev–Trinajstić information content (AvgIpc) is 2.77. The molecular formula is C23H15BrFN2O4S-. The van der Waals surface area contributed by atoms with Crippen LogP contribution in [0.5, 0.6) is 11.5 Å². The SMILES string of the molecule is O=c1c(Oc2ccc(F)cc2)c(-c2ccc(CS(=O)[O-])cc2)cnn1-c1cccc(Br)c1. The molecule has 0 amide bonds. The van der Waals surface area contributed by atoms with Crippen molar-refractivity contribution in [3.63, 3.8) is 0 Å². The lowest BCUT2D eigenvalue weighted by Gasteiger charge is -2.14. The van der Waals surface area contributed by atoms with Crippen LogP contribution < -0.4 is 10.3 Å². The third-order valence-electron chi connectivity index (χ3n) is 4.57. The summed E-state index contributed by atoms with van der Waals surface area (Å²) < 4.78 is 43.1. The van der Waals surface area contributed by atoms with Crippen LogP contribution >= 0.6 is 15.9 Å². The van der Waals surface area contributed by atoms with E-state index >= 15 is 0 Å². The van der Waals surface area contributed by atoms with Crippen LogP contribution in [0.25, 0.3) is 16.8 Å². The van der Waals surface area contributed by atoms with Gasteiger partial charge in [0.15, 0.2) is 0 Å². The maximum atomic E-state index is 13.4. The molecule has 32 heavy (non-hydrogen) atoms. The highest BCUT2D eigenvalue weighted by Crippen LogP contribution is 2.31. The largest absolute Gasteiger partial charge is 0.772 e. The molecule has 4 rings (SSSR count). The molecule has 0 bridgehead atoms. The molecule has 0 aliphatic carbocycles. The second-order valence-corrected chi connectivity index (χ2v) is 8.60. The fourth-order valence-corrected chi connectivity index (χ4v) is 3.92. The monoisotopic (exact) mass is 513 g/mol. The van der Waals surface area contributed by atoms with E-state index in [0.717, 1.165) is 4.47 Å². The van der Waals surface area contributed by atoms with E-state index in [-0.39, 0.29) is 17.3 Å². The molecule has 0 spiro atoms. The quantitative estimate of drug-likeness (QED) is 0.339. The van der Waals surface area contributed by atoms with Gasteiger partial charge in [-0.2, -0.15) is 9.78 Å². The van der Waals surface area contributed by atoms with Crippen molar-refractivity contribution in [2.75, 3.05) is 0 Å². The van der Waals surface area contributed by atoms with E-state index in [0.29, 0.717) is 22.4 Å². The van der Waals surface area contributed by atoms with Crippen molar-refractivity contribution in [3.05, 3.63) is 105 Å². The number of aromatic nitrogens is 2. The van der Waals surface area contributed by atoms with Gasteiger partial charge in [0.05, 0.1) is 17.4 Å². The maximum Gasteiger partial charge on any atom is 0.315 e. The summed E-state index contributed by atoms with van der Waals surface area (Å²) >= 11 is 1.18. The molecule has 1 atom stereocenters. The van der Waals surface area contributed by atoms with Crippen molar-refractivity contribution in [1.29, 1.82) is 0 Å². The molecule has 4 aromatic rings. The first kappa shape index (κ1) is 22.1. The van der Waals surface area contributed by atoms with Gasteiger partial charge in [-0.1, -0.05) is 57.3 Å². The molecule has 9 heteroatoms. The van der Waals surface area contributed by atoms with E-state index in [1.807, 2.05) is 6.07 Å². The van der Waals surface area contributed by atoms with Crippen LogP contribution in [-0.4, -0.2) is 18.5 Å². The fourth-order valence-electron chi connectivity index (χ4n) is 3.07. The molecule has 0 N–H and O–H groups in total.